The van der Waals surface area contributed by atoms with E-state index in [1.54, 1.807) is 0 Å². The number of hydrogen-bond donors (Lipinski definition) is 1. The number of nitrogens with one attached hydrogen (secondary N) is 1. The number of benzene rings is 1. The second-order valence-electron chi connectivity index (χ2n) is 5.67. The summed E-state index contributed by atoms with van der Waals surface area (Å²) >= 11 is 5.67. The van der Waals surface area contributed by atoms with Gasteiger partial charge in [0, 0.05) is 18.6 Å². The maximum Gasteiger partial charge on any atom is 0.243 e. The molecule has 2 aliphatic heterocycles. The average molecular weight is 333 g/mol. The number of sulfonamides is 1. The zero-order chi connectivity index (χ0) is 15.0. The Kier molecular flexibility index (Phi) is 4.23. The fraction of sp³-hybridized carbons (Fsp3) is 0.571. The Labute approximate surface area is 129 Å². The van der Waals surface area contributed by atoms with Crippen LogP contribution < -0.4 is 4.72 Å². The summed E-state index contributed by atoms with van der Waals surface area (Å²) in [5.74, 6) is -0.884. The molecule has 2 fully saturated rings. The molecule has 7 heteroatoms. The van der Waals surface area contributed by atoms with E-state index in [0.717, 1.165) is 32.4 Å². The molecule has 1 aromatic carbocycles. The normalized spacial score (nSPS) is 26.8. The number of halogens is 2. The highest BCUT2D eigenvalue weighted by Gasteiger charge is 2.38. The van der Waals surface area contributed by atoms with Gasteiger partial charge in [-0.25, -0.2) is 17.5 Å². The number of rotatable bonds is 3. The van der Waals surface area contributed by atoms with Gasteiger partial charge in [0.1, 0.15) is 4.90 Å². The van der Waals surface area contributed by atoms with E-state index in [4.69, 9.17) is 11.6 Å². The third-order valence-electron chi connectivity index (χ3n) is 4.37. The summed E-state index contributed by atoms with van der Waals surface area (Å²) < 4.78 is 41.4. The van der Waals surface area contributed by atoms with Crippen molar-refractivity contribution in [1.82, 2.24) is 9.62 Å². The van der Waals surface area contributed by atoms with Gasteiger partial charge in [-0.2, -0.15) is 0 Å². The van der Waals surface area contributed by atoms with Crippen LogP contribution in [0.3, 0.4) is 0 Å². The molecule has 0 bridgehead atoms. The van der Waals surface area contributed by atoms with Gasteiger partial charge in [0.05, 0.1) is 5.02 Å². The zero-order valence-corrected chi connectivity index (χ0v) is 13.1. The van der Waals surface area contributed by atoms with Crippen LogP contribution in [0.25, 0.3) is 0 Å². The summed E-state index contributed by atoms with van der Waals surface area (Å²) in [4.78, 5) is 1.95. The van der Waals surface area contributed by atoms with Crippen LogP contribution in [-0.2, 0) is 10.0 Å². The van der Waals surface area contributed by atoms with Gasteiger partial charge < -0.3 is 0 Å². The molecule has 0 saturated carbocycles. The van der Waals surface area contributed by atoms with Crippen LogP contribution >= 0.6 is 11.6 Å². The van der Waals surface area contributed by atoms with Gasteiger partial charge >= 0.3 is 0 Å². The summed E-state index contributed by atoms with van der Waals surface area (Å²) in [7, 11) is -3.88. The zero-order valence-electron chi connectivity index (χ0n) is 11.6. The number of nitrogens with zero attached hydrogens (tertiary/aromatic N) is 1. The Balaban J connectivity index is 1.82. The molecule has 0 amide bonds. The second-order valence-corrected chi connectivity index (χ2v) is 7.76. The van der Waals surface area contributed by atoms with Gasteiger partial charge in [-0.15, -0.1) is 0 Å². The molecule has 116 valence electrons. The maximum absolute atomic E-state index is 13.9. The molecule has 2 saturated heterocycles. The van der Waals surface area contributed by atoms with Crippen molar-refractivity contribution in [2.75, 3.05) is 13.1 Å². The minimum absolute atomic E-state index is 0.145. The standard InChI is InChI=1S/C14H18ClFN2O2S/c15-10-4-3-6-13(14(10)16)21(19,20)17-11-7-9-18-8-2-1-5-12(11)18/h3-4,6,11-12,17H,1-2,5,7-9H2/t11-,12-/m0/s1. The quantitative estimate of drug-likeness (QED) is 0.924. The van der Waals surface area contributed by atoms with E-state index in [-0.39, 0.29) is 22.0 Å². The monoisotopic (exact) mass is 332 g/mol. The van der Waals surface area contributed by atoms with Crippen LogP contribution in [0.15, 0.2) is 23.1 Å². The molecule has 2 aliphatic rings. The number of fused-ring (bicyclic) bond motifs is 1. The number of hydrogen-bond acceptors (Lipinski definition) is 3. The molecule has 0 spiro atoms. The predicted octanol–water partition coefficient (Wildman–Crippen LogP) is 2.38. The molecule has 0 aromatic heterocycles. The molecular weight excluding hydrogens is 315 g/mol. The van der Waals surface area contributed by atoms with Crippen LogP contribution in [0.4, 0.5) is 4.39 Å². The SMILES string of the molecule is O=S(=O)(N[C@H]1CCN2CCCC[C@@H]12)c1cccc(Cl)c1F. The Morgan fingerprint density at radius 1 is 1.24 bits per heavy atom. The van der Waals surface area contributed by atoms with Gasteiger partial charge in [0.2, 0.25) is 10.0 Å². The van der Waals surface area contributed by atoms with E-state index >= 15 is 0 Å². The fourth-order valence-electron chi connectivity index (χ4n) is 3.34. The smallest absolute Gasteiger partial charge is 0.243 e. The molecule has 3 rings (SSSR count). The summed E-state index contributed by atoms with van der Waals surface area (Å²) in [6, 6.07) is 4.12. The molecule has 0 radical (unpaired) electrons. The van der Waals surface area contributed by atoms with E-state index < -0.39 is 15.8 Å². The largest absolute Gasteiger partial charge is 0.299 e. The molecular formula is C14H18ClFN2O2S. The lowest BCUT2D eigenvalue weighted by Crippen LogP contribution is -2.46. The number of piperidine rings is 1. The van der Waals surface area contributed by atoms with Crippen LogP contribution in [0.5, 0.6) is 0 Å². The molecule has 2 atom stereocenters. The molecule has 0 aliphatic carbocycles. The van der Waals surface area contributed by atoms with E-state index in [1.165, 1.54) is 24.6 Å². The Morgan fingerprint density at radius 3 is 2.86 bits per heavy atom. The van der Waals surface area contributed by atoms with Crippen LogP contribution in [-0.4, -0.2) is 38.5 Å². The second kappa shape index (κ2) is 5.83. The van der Waals surface area contributed by atoms with Crippen molar-refractivity contribution >= 4 is 21.6 Å². The minimum Gasteiger partial charge on any atom is -0.299 e. The molecule has 0 unspecified atom stereocenters. The Morgan fingerprint density at radius 2 is 2.05 bits per heavy atom. The molecule has 1 aromatic rings. The van der Waals surface area contributed by atoms with Crippen LogP contribution in [0, 0.1) is 5.82 Å². The summed E-state index contributed by atoms with van der Waals surface area (Å²) in [6.07, 6.45) is 4.04. The van der Waals surface area contributed by atoms with E-state index in [0.29, 0.717) is 0 Å². The van der Waals surface area contributed by atoms with Crippen molar-refractivity contribution in [2.24, 2.45) is 0 Å². The van der Waals surface area contributed by atoms with Crippen molar-refractivity contribution in [3.05, 3.63) is 29.0 Å². The van der Waals surface area contributed by atoms with Crippen molar-refractivity contribution in [3.8, 4) is 0 Å². The first-order valence-electron chi connectivity index (χ1n) is 7.19. The first-order valence-corrected chi connectivity index (χ1v) is 9.05. The summed E-state index contributed by atoms with van der Waals surface area (Å²) in [6.45, 7) is 1.92. The summed E-state index contributed by atoms with van der Waals surface area (Å²) in [5, 5.41) is -0.177. The third kappa shape index (κ3) is 2.95. The highest BCUT2D eigenvalue weighted by Crippen LogP contribution is 2.29. The lowest BCUT2D eigenvalue weighted by molar-refractivity contribution is 0.186. The maximum atomic E-state index is 13.9. The molecule has 4 nitrogen and oxygen atoms in total. The Hall–Kier alpha value is -0.690. The van der Waals surface area contributed by atoms with Crippen molar-refractivity contribution < 1.29 is 12.8 Å². The lowest BCUT2D eigenvalue weighted by atomic mass is 10.00. The average Bonchev–Trinajstić information content (AvgIpc) is 2.84. The minimum atomic E-state index is -3.88. The first-order chi connectivity index (χ1) is 9.99. The lowest BCUT2D eigenvalue weighted by Gasteiger charge is -2.32. The van der Waals surface area contributed by atoms with Gasteiger partial charge in [-0.3, -0.25) is 4.90 Å². The van der Waals surface area contributed by atoms with Gasteiger partial charge in [-0.1, -0.05) is 24.1 Å². The Bertz CT molecular complexity index is 638. The summed E-state index contributed by atoms with van der Waals surface area (Å²) in [5.41, 5.74) is 0. The van der Waals surface area contributed by atoms with Gasteiger partial charge in [0.25, 0.3) is 0 Å². The van der Waals surface area contributed by atoms with E-state index in [2.05, 4.69) is 9.62 Å². The molecule has 1 N–H and O–H groups in total. The van der Waals surface area contributed by atoms with E-state index in [1.807, 2.05) is 0 Å². The topological polar surface area (TPSA) is 49.4 Å². The van der Waals surface area contributed by atoms with Gasteiger partial charge in [-0.05, 0) is 37.9 Å². The van der Waals surface area contributed by atoms with E-state index in [9.17, 15) is 12.8 Å². The molecule has 2 heterocycles. The predicted molar refractivity (Wildman–Crippen MR) is 79.3 cm³/mol. The van der Waals surface area contributed by atoms with Crippen molar-refractivity contribution in [1.29, 1.82) is 0 Å². The molecule has 21 heavy (non-hydrogen) atoms. The van der Waals surface area contributed by atoms with Crippen LogP contribution in [0.2, 0.25) is 5.02 Å². The van der Waals surface area contributed by atoms with Crippen molar-refractivity contribution in [2.45, 2.75) is 42.7 Å². The highest BCUT2D eigenvalue weighted by atomic mass is 35.5. The van der Waals surface area contributed by atoms with Crippen molar-refractivity contribution in [3.63, 3.8) is 0 Å². The third-order valence-corrected chi connectivity index (χ3v) is 6.17. The van der Waals surface area contributed by atoms with Crippen LogP contribution in [0.1, 0.15) is 25.7 Å². The van der Waals surface area contributed by atoms with Gasteiger partial charge in [0.15, 0.2) is 5.82 Å². The fourth-order valence-corrected chi connectivity index (χ4v) is 4.97. The first kappa shape index (κ1) is 15.2. The highest BCUT2D eigenvalue weighted by molar-refractivity contribution is 7.89.